The molecule has 0 radical (unpaired) electrons. The molecule has 3 N–H and O–H groups in total. The fraction of sp³-hybridized carbons (Fsp3) is 0.400. The van der Waals surface area contributed by atoms with Crippen LogP contribution in [-0.4, -0.2) is 23.3 Å². The third kappa shape index (κ3) is 2.60. The molecule has 1 aromatic carbocycles. The molecule has 2 aliphatic heterocycles. The monoisotopic (exact) mass is 349 g/mol. The molecule has 0 bridgehead atoms. The fourth-order valence-electron chi connectivity index (χ4n) is 3.90. The number of H-pyrrole nitrogens is 1. The van der Waals surface area contributed by atoms with Crippen molar-refractivity contribution >= 4 is 5.69 Å². The van der Waals surface area contributed by atoms with Crippen LogP contribution in [0.2, 0.25) is 0 Å². The highest BCUT2D eigenvalue weighted by atomic mass is 16.5. The Balaban J connectivity index is 1.79. The van der Waals surface area contributed by atoms with Crippen LogP contribution in [-0.2, 0) is 0 Å². The SMILES string of the molecule is CC(C)c1[nH]nc2c1[C@@H](c1ccc(N3CCCC3)cc1)C(C#N)=C(N)O2. The molecule has 2 aliphatic rings. The van der Waals surface area contributed by atoms with Crippen LogP contribution in [0.15, 0.2) is 35.7 Å². The molecular formula is C20H23N5O. The first-order valence-corrected chi connectivity index (χ1v) is 9.10. The van der Waals surface area contributed by atoms with E-state index in [0.29, 0.717) is 11.5 Å². The number of fused-ring (bicyclic) bond motifs is 1. The van der Waals surface area contributed by atoms with Crippen LogP contribution >= 0.6 is 0 Å². The first-order chi connectivity index (χ1) is 12.6. The second kappa shape index (κ2) is 6.41. The third-order valence-electron chi connectivity index (χ3n) is 5.24. The molecule has 0 unspecified atom stereocenters. The van der Waals surface area contributed by atoms with Gasteiger partial charge in [0, 0.05) is 24.5 Å². The lowest BCUT2D eigenvalue weighted by molar-refractivity contribution is 0.378. The van der Waals surface area contributed by atoms with Crippen molar-refractivity contribution in [3.63, 3.8) is 0 Å². The number of allylic oxidation sites excluding steroid dienone is 1. The number of rotatable bonds is 3. The van der Waals surface area contributed by atoms with Gasteiger partial charge >= 0.3 is 0 Å². The van der Waals surface area contributed by atoms with E-state index in [1.807, 2.05) is 0 Å². The number of aromatic amines is 1. The normalized spacial score (nSPS) is 19.5. The summed E-state index contributed by atoms with van der Waals surface area (Å²) in [5.74, 6) is 0.585. The number of nitrogens with two attached hydrogens (primary N) is 1. The van der Waals surface area contributed by atoms with Gasteiger partial charge in [-0.05, 0) is 36.5 Å². The Hall–Kier alpha value is -2.94. The Morgan fingerprint density at radius 1 is 1.27 bits per heavy atom. The van der Waals surface area contributed by atoms with Crippen LogP contribution in [0.3, 0.4) is 0 Å². The van der Waals surface area contributed by atoms with Crippen molar-refractivity contribution in [2.24, 2.45) is 5.73 Å². The number of benzene rings is 1. The second-order valence-electron chi connectivity index (χ2n) is 7.22. The molecule has 26 heavy (non-hydrogen) atoms. The van der Waals surface area contributed by atoms with E-state index in [0.717, 1.165) is 29.9 Å². The van der Waals surface area contributed by atoms with E-state index in [-0.39, 0.29) is 17.7 Å². The van der Waals surface area contributed by atoms with Crippen molar-refractivity contribution in [3.8, 4) is 11.9 Å². The average Bonchev–Trinajstić information content (AvgIpc) is 3.30. The van der Waals surface area contributed by atoms with Crippen molar-refractivity contribution in [2.45, 2.75) is 38.5 Å². The van der Waals surface area contributed by atoms with E-state index in [1.54, 1.807) is 0 Å². The maximum Gasteiger partial charge on any atom is 0.244 e. The predicted molar refractivity (Wildman–Crippen MR) is 99.9 cm³/mol. The van der Waals surface area contributed by atoms with Gasteiger partial charge in [0.15, 0.2) is 0 Å². The molecule has 3 heterocycles. The number of nitriles is 1. The van der Waals surface area contributed by atoms with Crippen molar-refractivity contribution in [1.82, 2.24) is 10.2 Å². The van der Waals surface area contributed by atoms with Gasteiger partial charge in [0.1, 0.15) is 11.6 Å². The summed E-state index contributed by atoms with van der Waals surface area (Å²) in [5.41, 5.74) is 10.6. The molecule has 1 aromatic heterocycles. The van der Waals surface area contributed by atoms with Gasteiger partial charge in [0.2, 0.25) is 11.8 Å². The highest BCUT2D eigenvalue weighted by molar-refractivity contribution is 5.58. The first kappa shape index (κ1) is 16.5. The van der Waals surface area contributed by atoms with Gasteiger partial charge in [-0.3, -0.25) is 5.10 Å². The second-order valence-corrected chi connectivity index (χ2v) is 7.22. The molecule has 1 saturated heterocycles. The lowest BCUT2D eigenvalue weighted by Crippen LogP contribution is -2.22. The smallest absolute Gasteiger partial charge is 0.244 e. The molecule has 0 saturated carbocycles. The highest BCUT2D eigenvalue weighted by Crippen LogP contribution is 2.44. The number of ether oxygens (including phenoxy) is 1. The molecule has 0 aliphatic carbocycles. The van der Waals surface area contributed by atoms with Crippen molar-refractivity contribution in [3.05, 3.63) is 52.5 Å². The zero-order chi connectivity index (χ0) is 18.3. The quantitative estimate of drug-likeness (QED) is 0.887. The standard InChI is InChI=1S/C20H23N5O/c1-12(2)18-17-16(15(11-21)19(22)26-20(17)24-23-18)13-5-7-14(8-6-13)25-9-3-4-10-25/h5-8,12,16H,3-4,9-10,22H2,1-2H3,(H,23,24)/t16-/m0/s1. The minimum absolute atomic E-state index is 0.135. The number of hydrogen-bond acceptors (Lipinski definition) is 5. The van der Waals surface area contributed by atoms with Crippen LogP contribution in [0, 0.1) is 11.3 Å². The molecular weight excluding hydrogens is 326 g/mol. The van der Waals surface area contributed by atoms with Crippen molar-refractivity contribution in [2.75, 3.05) is 18.0 Å². The summed E-state index contributed by atoms with van der Waals surface area (Å²) >= 11 is 0. The summed E-state index contributed by atoms with van der Waals surface area (Å²) in [5, 5.41) is 17.0. The average molecular weight is 349 g/mol. The van der Waals surface area contributed by atoms with E-state index < -0.39 is 0 Å². The largest absolute Gasteiger partial charge is 0.420 e. The summed E-state index contributed by atoms with van der Waals surface area (Å²) in [6, 6.07) is 10.7. The van der Waals surface area contributed by atoms with Crippen LogP contribution < -0.4 is 15.4 Å². The Kier molecular flexibility index (Phi) is 4.08. The molecule has 134 valence electrons. The molecule has 0 spiro atoms. The number of hydrogen-bond donors (Lipinski definition) is 2. The number of aromatic nitrogens is 2. The minimum Gasteiger partial charge on any atom is -0.420 e. The number of nitrogens with one attached hydrogen (secondary N) is 1. The van der Waals surface area contributed by atoms with Gasteiger partial charge in [-0.1, -0.05) is 26.0 Å². The van der Waals surface area contributed by atoms with Gasteiger partial charge in [0.05, 0.1) is 11.5 Å². The van der Waals surface area contributed by atoms with Gasteiger partial charge < -0.3 is 15.4 Å². The zero-order valence-electron chi connectivity index (χ0n) is 15.1. The van der Waals surface area contributed by atoms with E-state index in [2.05, 4.69) is 59.3 Å². The molecule has 6 heteroatoms. The fourth-order valence-corrected chi connectivity index (χ4v) is 3.90. The summed E-state index contributed by atoms with van der Waals surface area (Å²) in [4.78, 5) is 2.39. The van der Waals surface area contributed by atoms with Crippen LogP contribution in [0.25, 0.3) is 0 Å². The zero-order valence-corrected chi connectivity index (χ0v) is 15.1. The van der Waals surface area contributed by atoms with Crippen LogP contribution in [0.1, 0.15) is 55.3 Å². The molecule has 6 nitrogen and oxygen atoms in total. The highest BCUT2D eigenvalue weighted by Gasteiger charge is 2.35. The minimum atomic E-state index is -0.257. The number of nitrogens with zero attached hydrogens (tertiary/aromatic N) is 3. The van der Waals surface area contributed by atoms with E-state index >= 15 is 0 Å². The summed E-state index contributed by atoms with van der Waals surface area (Å²) < 4.78 is 5.61. The van der Waals surface area contributed by atoms with E-state index in [9.17, 15) is 5.26 Å². The van der Waals surface area contributed by atoms with Crippen molar-refractivity contribution < 1.29 is 4.74 Å². The van der Waals surface area contributed by atoms with E-state index in [1.165, 1.54) is 18.5 Å². The lowest BCUT2D eigenvalue weighted by atomic mass is 9.82. The summed E-state index contributed by atoms with van der Waals surface area (Å²) in [6.07, 6.45) is 2.49. The maximum atomic E-state index is 9.71. The lowest BCUT2D eigenvalue weighted by Gasteiger charge is -2.25. The van der Waals surface area contributed by atoms with Gasteiger partial charge in [-0.15, -0.1) is 5.10 Å². The van der Waals surface area contributed by atoms with Gasteiger partial charge in [0.25, 0.3) is 0 Å². The van der Waals surface area contributed by atoms with E-state index in [4.69, 9.17) is 10.5 Å². The molecule has 0 amide bonds. The topological polar surface area (TPSA) is 91.0 Å². The first-order valence-electron chi connectivity index (χ1n) is 9.10. The summed E-state index contributed by atoms with van der Waals surface area (Å²) in [7, 11) is 0. The van der Waals surface area contributed by atoms with Gasteiger partial charge in [-0.2, -0.15) is 5.26 Å². The number of anilines is 1. The summed E-state index contributed by atoms with van der Waals surface area (Å²) in [6.45, 7) is 6.40. The predicted octanol–water partition coefficient (Wildman–Crippen LogP) is 3.35. The Morgan fingerprint density at radius 2 is 1.96 bits per heavy atom. The van der Waals surface area contributed by atoms with Crippen LogP contribution in [0.4, 0.5) is 5.69 Å². The van der Waals surface area contributed by atoms with Gasteiger partial charge in [-0.25, -0.2) is 0 Å². The molecule has 1 atom stereocenters. The molecule has 1 fully saturated rings. The maximum absolute atomic E-state index is 9.71. The third-order valence-corrected chi connectivity index (χ3v) is 5.24. The van der Waals surface area contributed by atoms with Crippen LogP contribution in [0.5, 0.6) is 5.88 Å². The molecule has 2 aromatic rings. The Labute approximate surface area is 153 Å². The molecule has 4 rings (SSSR count). The Bertz CT molecular complexity index is 882. The Morgan fingerprint density at radius 3 is 2.58 bits per heavy atom. The van der Waals surface area contributed by atoms with Crippen molar-refractivity contribution in [1.29, 1.82) is 5.26 Å².